The molecule has 0 aromatic heterocycles. The van der Waals surface area contributed by atoms with Gasteiger partial charge in [0.05, 0.1) is 0 Å². The van der Waals surface area contributed by atoms with Crippen molar-refractivity contribution in [2.24, 2.45) is 5.92 Å². The normalized spacial score (nSPS) is 24.3. The van der Waals surface area contributed by atoms with Crippen LogP contribution in [0.3, 0.4) is 0 Å². The zero-order valence-corrected chi connectivity index (χ0v) is 15.1. The maximum Gasteiger partial charge on any atom is 0.191 e. The van der Waals surface area contributed by atoms with Gasteiger partial charge in [-0.25, -0.2) is 0 Å². The molecule has 20 heavy (non-hydrogen) atoms. The lowest BCUT2D eigenvalue weighted by molar-refractivity contribution is 0.183. The van der Waals surface area contributed by atoms with Crippen LogP contribution >= 0.6 is 0 Å². The summed E-state index contributed by atoms with van der Waals surface area (Å²) in [6.45, 7) is 12.5. The van der Waals surface area contributed by atoms with Gasteiger partial charge in [-0.2, -0.15) is 0 Å². The Kier molecular flexibility index (Phi) is 6.07. The van der Waals surface area contributed by atoms with Crippen molar-refractivity contribution in [2.45, 2.75) is 70.6 Å². The average Bonchev–Trinajstić information content (AvgIpc) is 2.36. The van der Waals surface area contributed by atoms with E-state index in [1.807, 2.05) is 0 Å². The van der Waals surface area contributed by atoms with Crippen LogP contribution in [-0.2, 0) is 4.43 Å². The second-order valence-corrected chi connectivity index (χ2v) is 12.4. The molecule has 0 unspecified atom stereocenters. The van der Waals surface area contributed by atoms with Crippen LogP contribution < -0.4 is 10.6 Å². The number of nitrogens with one attached hydrogen (secondary N) is 3. The Balaban J connectivity index is 2.31. The zero-order valence-electron chi connectivity index (χ0n) is 14.1. The van der Waals surface area contributed by atoms with E-state index in [0.29, 0.717) is 23.0 Å². The van der Waals surface area contributed by atoms with Crippen LogP contribution in [0.1, 0.15) is 46.5 Å². The molecule has 0 aromatic rings. The topological polar surface area (TPSA) is 57.1 Å². The van der Waals surface area contributed by atoms with Gasteiger partial charge in [-0.15, -0.1) is 0 Å². The molecule has 0 radical (unpaired) electrons. The molecule has 0 saturated heterocycles. The van der Waals surface area contributed by atoms with Gasteiger partial charge in [0.15, 0.2) is 14.3 Å². The van der Waals surface area contributed by atoms with E-state index in [2.05, 4.69) is 44.5 Å². The molecule has 0 amide bonds. The molecule has 1 rings (SSSR count). The third-order valence-corrected chi connectivity index (χ3v) is 9.43. The van der Waals surface area contributed by atoms with Crippen molar-refractivity contribution in [1.82, 2.24) is 10.6 Å². The van der Waals surface area contributed by atoms with Crippen LogP contribution in [0.25, 0.3) is 0 Å². The van der Waals surface area contributed by atoms with Crippen LogP contribution in [0.15, 0.2) is 0 Å². The number of hydrogen-bond acceptors (Lipinski definition) is 2. The molecule has 1 aliphatic carbocycles. The van der Waals surface area contributed by atoms with E-state index in [1.54, 1.807) is 7.05 Å². The van der Waals surface area contributed by atoms with Crippen LogP contribution in [0.5, 0.6) is 0 Å². The van der Waals surface area contributed by atoms with Gasteiger partial charge >= 0.3 is 0 Å². The second-order valence-electron chi connectivity index (χ2n) is 7.56. The Morgan fingerprint density at radius 2 is 1.75 bits per heavy atom. The van der Waals surface area contributed by atoms with Crippen molar-refractivity contribution >= 4 is 14.3 Å². The molecule has 118 valence electrons. The summed E-state index contributed by atoms with van der Waals surface area (Å²) in [7, 11) is 0.188. The fraction of sp³-hybridized carbons (Fsp3) is 0.933. The van der Waals surface area contributed by atoms with E-state index in [-0.39, 0.29) is 0 Å². The van der Waals surface area contributed by atoms with Gasteiger partial charge in [-0.05, 0) is 49.7 Å². The highest BCUT2D eigenvalue weighted by Crippen LogP contribution is 2.37. The Morgan fingerprint density at radius 3 is 2.20 bits per heavy atom. The highest BCUT2D eigenvalue weighted by Gasteiger charge is 2.37. The minimum atomic E-state index is -1.60. The predicted octanol–water partition coefficient (Wildman–Crippen LogP) is 3.31. The van der Waals surface area contributed by atoms with Gasteiger partial charge in [0, 0.05) is 19.7 Å². The first-order valence-electron chi connectivity index (χ1n) is 7.82. The summed E-state index contributed by atoms with van der Waals surface area (Å²) in [5, 5.41) is 14.0. The summed E-state index contributed by atoms with van der Waals surface area (Å²) in [6.07, 6.45) is 4.72. The standard InChI is InChI=1S/C15H33N3OSi/c1-15(2,3)20(5,6)19-11-12-7-9-13(10-8-12)18-14(16)17-4/h12-13H,7-11H2,1-6H3,(H3,16,17,18)/t12-,13-. The van der Waals surface area contributed by atoms with Gasteiger partial charge in [0.1, 0.15) is 0 Å². The monoisotopic (exact) mass is 299 g/mol. The Morgan fingerprint density at radius 1 is 1.20 bits per heavy atom. The van der Waals surface area contributed by atoms with Crippen molar-refractivity contribution in [2.75, 3.05) is 13.7 Å². The Labute approximate surface area is 125 Å². The summed E-state index contributed by atoms with van der Waals surface area (Å²) < 4.78 is 6.33. The largest absolute Gasteiger partial charge is 0.417 e. The molecule has 1 aliphatic rings. The quantitative estimate of drug-likeness (QED) is 0.424. The molecule has 0 aliphatic heterocycles. The lowest BCUT2D eigenvalue weighted by Crippen LogP contribution is -2.44. The second kappa shape index (κ2) is 6.94. The first kappa shape index (κ1) is 17.5. The highest BCUT2D eigenvalue weighted by atomic mass is 28.4. The molecule has 4 nitrogen and oxygen atoms in total. The first-order chi connectivity index (χ1) is 9.15. The minimum absolute atomic E-state index is 0.299. The zero-order chi connectivity index (χ0) is 15.4. The van der Waals surface area contributed by atoms with Gasteiger partial charge in [-0.3, -0.25) is 5.41 Å². The maximum absolute atomic E-state index is 7.61. The molecule has 1 fully saturated rings. The molecule has 0 aromatic carbocycles. The third-order valence-electron chi connectivity index (χ3n) is 4.93. The lowest BCUT2D eigenvalue weighted by Gasteiger charge is -2.38. The summed E-state index contributed by atoms with van der Waals surface area (Å²) in [4.78, 5) is 0. The van der Waals surface area contributed by atoms with Crippen molar-refractivity contribution in [1.29, 1.82) is 5.41 Å². The number of hydrogen-bond donors (Lipinski definition) is 3. The highest BCUT2D eigenvalue weighted by molar-refractivity contribution is 6.74. The lowest BCUT2D eigenvalue weighted by atomic mass is 9.87. The molecular formula is C15H33N3OSi. The SMILES string of the molecule is CNC(=N)N[C@H]1CC[C@H](CO[Si](C)(C)C(C)(C)C)CC1. The van der Waals surface area contributed by atoms with Crippen LogP contribution in [-0.4, -0.2) is 34.0 Å². The molecule has 0 atom stereocenters. The van der Waals surface area contributed by atoms with E-state index < -0.39 is 8.32 Å². The third kappa shape index (κ3) is 5.09. The van der Waals surface area contributed by atoms with E-state index in [4.69, 9.17) is 9.84 Å². The molecule has 0 spiro atoms. The molecule has 0 heterocycles. The maximum atomic E-state index is 7.61. The summed E-state index contributed by atoms with van der Waals surface area (Å²) >= 11 is 0. The smallest absolute Gasteiger partial charge is 0.191 e. The van der Waals surface area contributed by atoms with Crippen LogP contribution in [0.4, 0.5) is 0 Å². The Bertz CT molecular complexity index is 318. The number of guanidine groups is 1. The van der Waals surface area contributed by atoms with E-state index >= 15 is 0 Å². The summed E-state index contributed by atoms with van der Waals surface area (Å²) in [6, 6.07) is 0.457. The van der Waals surface area contributed by atoms with Crippen molar-refractivity contribution in [3.05, 3.63) is 0 Å². The molecule has 3 N–H and O–H groups in total. The van der Waals surface area contributed by atoms with Crippen LogP contribution in [0.2, 0.25) is 18.1 Å². The van der Waals surface area contributed by atoms with Crippen molar-refractivity contribution < 1.29 is 4.43 Å². The number of rotatable bonds is 4. The summed E-state index contributed by atoms with van der Waals surface area (Å²) in [5.74, 6) is 1.14. The predicted molar refractivity (Wildman–Crippen MR) is 88.8 cm³/mol. The fourth-order valence-electron chi connectivity index (χ4n) is 2.29. The van der Waals surface area contributed by atoms with Crippen LogP contribution in [0, 0.1) is 11.3 Å². The average molecular weight is 300 g/mol. The van der Waals surface area contributed by atoms with Crippen molar-refractivity contribution in [3.8, 4) is 0 Å². The van der Waals surface area contributed by atoms with Gasteiger partial charge < -0.3 is 15.1 Å². The van der Waals surface area contributed by atoms with E-state index in [0.717, 1.165) is 19.4 Å². The minimum Gasteiger partial charge on any atom is -0.417 e. The summed E-state index contributed by atoms with van der Waals surface area (Å²) in [5.41, 5.74) is 0. The first-order valence-corrected chi connectivity index (χ1v) is 10.7. The van der Waals surface area contributed by atoms with Gasteiger partial charge in [-0.1, -0.05) is 20.8 Å². The Hall–Kier alpha value is -0.553. The molecule has 0 bridgehead atoms. The van der Waals surface area contributed by atoms with Crippen molar-refractivity contribution in [3.63, 3.8) is 0 Å². The van der Waals surface area contributed by atoms with E-state index in [9.17, 15) is 0 Å². The van der Waals surface area contributed by atoms with Gasteiger partial charge in [0.25, 0.3) is 0 Å². The molecular weight excluding hydrogens is 266 g/mol. The van der Waals surface area contributed by atoms with Gasteiger partial charge in [0.2, 0.25) is 0 Å². The molecule has 5 heteroatoms. The molecule has 1 saturated carbocycles. The fourth-order valence-corrected chi connectivity index (χ4v) is 3.38. The van der Waals surface area contributed by atoms with E-state index in [1.165, 1.54) is 12.8 Å².